The van der Waals surface area contributed by atoms with E-state index in [1.54, 1.807) is 30.3 Å². The molecule has 2 aromatic rings. The van der Waals surface area contributed by atoms with E-state index in [1.807, 2.05) is 19.1 Å². The Morgan fingerprint density at radius 1 is 1.27 bits per heavy atom. The van der Waals surface area contributed by atoms with Gasteiger partial charge in [0, 0.05) is 5.56 Å². The minimum atomic E-state index is -0.335. The van der Waals surface area contributed by atoms with Crippen molar-refractivity contribution in [1.29, 1.82) is 5.26 Å². The van der Waals surface area contributed by atoms with Crippen LogP contribution in [-0.4, -0.2) is 18.0 Å². The maximum atomic E-state index is 12.4. The number of nitriles is 1. The first-order valence-electron chi connectivity index (χ1n) is 6.65. The fourth-order valence-electron chi connectivity index (χ4n) is 2.04. The summed E-state index contributed by atoms with van der Waals surface area (Å²) in [5.74, 6) is -0.0459. The number of methoxy groups -OCH3 is 1. The number of aromatic hydroxyl groups is 1. The van der Waals surface area contributed by atoms with Gasteiger partial charge in [0.1, 0.15) is 11.6 Å². The fourth-order valence-corrected chi connectivity index (χ4v) is 2.04. The van der Waals surface area contributed by atoms with E-state index in [-0.39, 0.29) is 22.9 Å². The van der Waals surface area contributed by atoms with Crippen molar-refractivity contribution < 1.29 is 14.6 Å². The van der Waals surface area contributed by atoms with Crippen LogP contribution in [0.2, 0.25) is 0 Å². The van der Waals surface area contributed by atoms with E-state index in [2.05, 4.69) is 0 Å². The summed E-state index contributed by atoms with van der Waals surface area (Å²) < 4.78 is 5.01. The molecule has 0 aromatic heterocycles. The lowest BCUT2D eigenvalue weighted by Crippen LogP contribution is -2.02. The minimum Gasteiger partial charge on any atom is -0.504 e. The number of phenols is 1. The molecule has 0 atom stereocenters. The van der Waals surface area contributed by atoms with Gasteiger partial charge in [-0.25, -0.2) is 0 Å². The van der Waals surface area contributed by atoms with Crippen LogP contribution in [0.5, 0.6) is 11.5 Å². The summed E-state index contributed by atoms with van der Waals surface area (Å²) >= 11 is 0. The second kappa shape index (κ2) is 6.59. The number of nitrogens with zero attached hydrogens (tertiary/aromatic N) is 1. The summed E-state index contributed by atoms with van der Waals surface area (Å²) in [6.45, 7) is 1.89. The maximum absolute atomic E-state index is 12.4. The van der Waals surface area contributed by atoms with Crippen molar-refractivity contribution in [2.75, 3.05) is 7.11 Å². The predicted octanol–water partition coefficient (Wildman–Crippen LogP) is 3.50. The molecule has 2 rings (SSSR count). The van der Waals surface area contributed by atoms with E-state index < -0.39 is 0 Å². The first-order valence-corrected chi connectivity index (χ1v) is 6.65. The van der Waals surface area contributed by atoms with Gasteiger partial charge in [0.05, 0.1) is 7.11 Å². The van der Waals surface area contributed by atoms with E-state index in [4.69, 9.17) is 4.74 Å². The van der Waals surface area contributed by atoms with Gasteiger partial charge in [0.15, 0.2) is 11.5 Å². The Morgan fingerprint density at radius 3 is 2.68 bits per heavy atom. The van der Waals surface area contributed by atoms with Crippen LogP contribution in [0.3, 0.4) is 0 Å². The van der Waals surface area contributed by atoms with Crippen molar-refractivity contribution in [3.05, 3.63) is 64.7 Å². The normalized spacial score (nSPS) is 10.9. The van der Waals surface area contributed by atoms with Crippen LogP contribution in [-0.2, 0) is 0 Å². The van der Waals surface area contributed by atoms with Crippen molar-refractivity contribution in [1.82, 2.24) is 0 Å². The summed E-state index contributed by atoms with van der Waals surface area (Å²) in [6.07, 6.45) is 1.48. The van der Waals surface area contributed by atoms with Crippen LogP contribution in [0.25, 0.3) is 6.08 Å². The van der Waals surface area contributed by atoms with Crippen molar-refractivity contribution >= 4 is 11.9 Å². The molecule has 0 fully saturated rings. The SMILES string of the molecule is COc1cc(/C=C(\C#N)C(=O)c2cccc(C)c2)ccc1O. The molecule has 110 valence electrons. The second-order valence-corrected chi connectivity index (χ2v) is 4.80. The van der Waals surface area contributed by atoms with Gasteiger partial charge in [-0.05, 0) is 36.8 Å². The number of allylic oxidation sites excluding steroid dienone is 1. The second-order valence-electron chi connectivity index (χ2n) is 4.80. The fraction of sp³-hybridized carbons (Fsp3) is 0.111. The van der Waals surface area contributed by atoms with E-state index in [0.717, 1.165) is 5.56 Å². The van der Waals surface area contributed by atoms with Gasteiger partial charge >= 0.3 is 0 Å². The van der Waals surface area contributed by atoms with E-state index in [9.17, 15) is 15.2 Å². The number of Topliss-reactive ketones (excluding diaryl/α,β-unsaturated/α-hetero) is 1. The van der Waals surface area contributed by atoms with Crippen LogP contribution in [0.4, 0.5) is 0 Å². The number of phenolic OH excluding ortho intramolecular Hbond substituents is 1. The number of aryl methyl sites for hydroxylation is 1. The molecule has 4 nitrogen and oxygen atoms in total. The third-order valence-electron chi connectivity index (χ3n) is 3.16. The molecule has 0 aliphatic heterocycles. The molecule has 0 saturated heterocycles. The molecule has 0 aliphatic carbocycles. The maximum Gasteiger partial charge on any atom is 0.203 e. The van der Waals surface area contributed by atoms with Crippen LogP contribution < -0.4 is 4.74 Å². The monoisotopic (exact) mass is 293 g/mol. The number of benzene rings is 2. The summed E-state index contributed by atoms with van der Waals surface area (Å²) in [5, 5.41) is 18.8. The van der Waals surface area contributed by atoms with Crippen LogP contribution in [0.15, 0.2) is 48.0 Å². The lowest BCUT2D eigenvalue weighted by atomic mass is 10.0. The summed E-state index contributed by atoms with van der Waals surface area (Å²) in [6, 6.07) is 13.6. The van der Waals surface area contributed by atoms with Crippen LogP contribution in [0.1, 0.15) is 21.5 Å². The highest BCUT2D eigenvalue weighted by molar-refractivity contribution is 6.14. The van der Waals surface area contributed by atoms with E-state index in [0.29, 0.717) is 11.1 Å². The summed E-state index contributed by atoms with van der Waals surface area (Å²) in [4.78, 5) is 12.4. The Balaban J connectivity index is 2.39. The Labute approximate surface area is 128 Å². The molecule has 0 radical (unpaired) electrons. The van der Waals surface area contributed by atoms with Gasteiger partial charge in [-0.2, -0.15) is 5.26 Å². The third-order valence-corrected chi connectivity index (χ3v) is 3.16. The van der Waals surface area contributed by atoms with Crippen molar-refractivity contribution in [3.63, 3.8) is 0 Å². The first-order chi connectivity index (χ1) is 10.5. The minimum absolute atomic E-state index is 0.00293. The van der Waals surface area contributed by atoms with Gasteiger partial charge in [-0.1, -0.05) is 29.8 Å². The van der Waals surface area contributed by atoms with Crippen LogP contribution >= 0.6 is 0 Å². The van der Waals surface area contributed by atoms with Gasteiger partial charge in [0.2, 0.25) is 5.78 Å². The molecule has 0 amide bonds. The zero-order chi connectivity index (χ0) is 16.1. The molecule has 1 N–H and O–H groups in total. The predicted molar refractivity (Wildman–Crippen MR) is 83.8 cm³/mol. The molecule has 0 aliphatic rings. The molecule has 0 unspecified atom stereocenters. The zero-order valence-corrected chi connectivity index (χ0v) is 12.3. The Hall–Kier alpha value is -3.06. The van der Waals surface area contributed by atoms with Gasteiger partial charge in [0.25, 0.3) is 0 Å². The molecular formula is C18H15NO3. The Kier molecular flexibility index (Phi) is 4.60. The first kappa shape index (κ1) is 15.3. The topological polar surface area (TPSA) is 70.3 Å². The molecular weight excluding hydrogens is 278 g/mol. The standard InChI is InChI=1S/C18H15NO3/c1-12-4-3-5-14(8-12)18(21)15(11-19)9-13-6-7-16(20)17(10-13)22-2/h3-10,20H,1-2H3/b15-9+. The third kappa shape index (κ3) is 3.33. The highest BCUT2D eigenvalue weighted by atomic mass is 16.5. The van der Waals surface area contributed by atoms with Crippen molar-refractivity contribution in [3.8, 4) is 17.6 Å². The molecule has 0 heterocycles. The molecule has 0 spiro atoms. The Bertz CT molecular complexity index is 785. The Morgan fingerprint density at radius 2 is 2.05 bits per heavy atom. The lowest BCUT2D eigenvalue weighted by Gasteiger charge is -2.05. The average Bonchev–Trinajstić information content (AvgIpc) is 2.53. The van der Waals surface area contributed by atoms with Crippen molar-refractivity contribution in [2.45, 2.75) is 6.92 Å². The molecule has 2 aromatic carbocycles. The number of ketones is 1. The molecule has 0 saturated carbocycles. The number of carbonyl (C=O) groups is 1. The van der Waals surface area contributed by atoms with Gasteiger partial charge < -0.3 is 9.84 Å². The number of rotatable bonds is 4. The summed E-state index contributed by atoms with van der Waals surface area (Å²) in [7, 11) is 1.44. The number of hydrogen-bond donors (Lipinski definition) is 1. The van der Waals surface area contributed by atoms with E-state index >= 15 is 0 Å². The molecule has 0 bridgehead atoms. The quantitative estimate of drug-likeness (QED) is 0.532. The highest BCUT2D eigenvalue weighted by Crippen LogP contribution is 2.27. The highest BCUT2D eigenvalue weighted by Gasteiger charge is 2.12. The molecule has 22 heavy (non-hydrogen) atoms. The lowest BCUT2D eigenvalue weighted by molar-refractivity contribution is 0.104. The average molecular weight is 293 g/mol. The number of hydrogen-bond acceptors (Lipinski definition) is 4. The molecule has 4 heteroatoms. The largest absolute Gasteiger partial charge is 0.504 e. The van der Waals surface area contributed by atoms with E-state index in [1.165, 1.54) is 19.3 Å². The number of ether oxygens (including phenoxy) is 1. The zero-order valence-electron chi connectivity index (χ0n) is 12.3. The smallest absolute Gasteiger partial charge is 0.203 e. The van der Waals surface area contributed by atoms with Gasteiger partial charge in [-0.3, -0.25) is 4.79 Å². The van der Waals surface area contributed by atoms with Crippen LogP contribution in [0, 0.1) is 18.3 Å². The van der Waals surface area contributed by atoms with Crippen molar-refractivity contribution in [2.24, 2.45) is 0 Å². The van der Waals surface area contributed by atoms with Gasteiger partial charge in [-0.15, -0.1) is 0 Å². The number of carbonyl (C=O) groups excluding carboxylic acids is 1. The summed E-state index contributed by atoms with van der Waals surface area (Å²) in [5.41, 5.74) is 2.05.